The Morgan fingerprint density at radius 2 is 1.35 bits per heavy atom. The topological polar surface area (TPSA) is 67.3 Å². The molecule has 2 heterocycles. The van der Waals surface area contributed by atoms with Crippen LogP contribution in [0.3, 0.4) is 0 Å². The number of carbonyl (C=O) groups is 2. The number of anilines is 1. The molecule has 8 heteroatoms. The van der Waals surface area contributed by atoms with Crippen LogP contribution in [0.4, 0.5) is 14.9 Å². The van der Waals surface area contributed by atoms with Gasteiger partial charge in [-0.25, -0.2) is 9.18 Å². The number of urea groups is 1. The van der Waals surface area contributed by atoms with E-state index in [9.17, 15) is 19.1 Å². The van der Waals surface area contributed by atoms with Gasteiger partial charge in [0.05, 0.1) is 18.3 Å². The minimum atomic E-state index is -1.36. The number of carbonyl (C=O) groups excluding carboxylic acids is 2. The Kier molecular flexibility index (Phi) is 6.95. The van der Waals surface area contributed by atoms with Crippen LogP contribution >= 0.6 is 0 Å². The van der Waals surface area contributed by atoms with Gasteiger partial charge >= 0.3 is 6.03 Å². The van der Waals surface area contributed by atoms with Gasteiger partial charge in [-0.15, -0.1) is 0 Å². The Morgan fingerprint density at radius 1 is 0.811 bits per heavy atom. The average Bonchev–Trinajstić information content (AvgIpc) is 3.11. The molecule has 1 N–H and O–H groups in total. The fourth-order valence-corrected chi connectivity index (χ4v) is 5.51. The third-order valence-electron chi connectivity index (χ3n) is 7.35. The van der Waals surface area contributed by atoms with Gasteiger partial charge < -0.3 is 10.0 Å². The molecule has 0 saturated carbocycles. The predicted molar refractivity (Wildman–Crippen MR) is 140 cm³/mol. The van der Waals surface area contributed by atoms with E-state index in [1.54, 1.807) is 12.1 Å². The largest absolute Gasteiger partial charge is 0.390 e. The maximum Gasteiger partial charge on any atom is 0.328 e. The molecule has 0 radical (unpaired) electrons. The number of benzene rings is 3. The average molecular weight is 503 g/mol. The third-order valence-corrected chi connectivity index (χ3v) is 7.35. The van der Waals surface area contributed by atoms with E-state index in [-0.39, 0.29) is 18.3 Å². The van der Waals surface area contributed by atoms with Crippen molar-refractivity contribution in [1.82, 2.24) is 14.7 Å². The second-order valence-electron chi connectivity index (χ2n) is 9.59. The van der Waals surface area contributed by atoms with Gasteiger partial charge in [0, 0.05) is 39.8 Å². The number of aliphatic hydroxyl groups is 1. The first-order valence-electron chi connectivity index (χ1n) is 12.5. The lowest BCUT2D eigenvalue weighted by atomic mass is 9.81. The minimum Gasteiger partial charge on any atom is -0.390 e. The summed E-state index contributed by atoms with van der Waals surface area (Å²) in [6.45, 7) is 2.91. The molecule has 0 aliphatic carbocycles. The highest BCUT2D eigenvalue weighted by Gasteiger charge is 2.58. The summed E-state index contributed by atoms with van der Waals surface area (Å²) >= 11 is 0. The van der Waals surface area contributed by atoms with Crippen LogP contribution in [-0.2, 0) is 10.3 Å². The highest BCUT2D eigenvalue weighted by Crippen LogP contribution is 2.42. The molecule has 3 aromatic rings. The zero-order chi connectivity index (χ0) is 26.0. The van der Waals surface area contributed by atoms with Crippen LogP contribution in [0, 0.1) is 5.82 Å². The number of halogens is 1. The molecule has 2 saturated heterocycles. The number of likely N-dealkylation sites (N-methyl/N-ethyl adjacent to an activating group) is 1. The number of amides is 3. The lowest BCUT2D eigenvalue weighted by molar-refractivity contribution is -0.131. The number of rotatable bonds is 7. The Balaban J connectivity index is 1.36. The van der Waals surface area contributed by atoms with E-state index in [0.717, 1.165) is 4.90 Å². The van der Waals surface area contributed by atoms with Crippen LogP contribution in [0.2, 0.25) is 0 Å². The van der Waals surface area contributed by atoms with Crippen LogP contribution in [0.25, 0.3) is 0 Å². The van der Waals surface area contributed by atoms with E-state index in [1.165, 1.54) is 18.0 Å². The number of imide groups is 1. The number of para-hydroxylation sites is 1. The van der Waals surface area contributed by atoms with Crippen molar-refractivity contribution in [3.05, 3.63) is 102 Å². The Morgan fingerprint density at radius 3 is 1.92 bits per heavy atom. The maximum absolute atomic E-state index is 14.2. The van der Waals surface area contributed by atoms with Crippen molar-refractivity contribution in [2.45, 2.75) is 11.6 Å². The molecule has 1 unspecified atom stereocenters. The molecule has 2 aliphatic heterocycles. The van der Waals surface area contributed by atoms with Gasteiger partial charge in [0.2, 0.25) is 0 Å². The first-order chi connectivity index (χ1) is 17.9. The number of β-amino-alcohol motifs (C(OH)–C–C–N with tert-alkyl or cyclic N) is 1. The highest BCUT2D eigenvalue weighted by atomic mass is 19.1. The Labute approximate surface area is 216 Å². The zero-order valence-corrected chi connectivity index (χ0v) is 20.8. The Hall–Kier alpha value is -3.75. The predicted octanol–water partition coefficient (Wildman–Crippen LogP) is 3.15. The summed E-state index contributed by atoms with van der Waals surface area (Å²) < 4.78 is 14.2. The Bertz CT molecular complexity index is 1210. The van der Waals surface area contributed by atoms with Crippen molar-refractivity contribution in [2.75, 3.05) is 51.2 Å². The fraction of sp³-hybridized carbons (Fsp3) is 0.310. The van der Waals surface area contributed by atoms with Crippen molar-refractivity contribution in [2.24, 2.45) is 0 Å². The lowest BCUT2D eigenvalue weighted by Gasteiger charge is -2.39. The van der Waals surface area contributed by atoms with Crippen molar-refractivity contribution in [1.29, 1.82) is 0 Å². The summed E-state index contributed by atoms with van der Waals surface area (Å²) in [5, 5.41) is 11.2. The second kappa shape index (κ2) is 10.3. The van der Waals surface area contributed by atoms with E-state index in [2.05, 4.69) is 4.90 Å². The summed E-state index contributed by atoms with van der Waals surface area (Å²) in [5.41, 5.74) is 0.574. The molecular weight excluding hydrogens is 471 g/mol. The molecule has 3 amide bonds. The maximum atomic E-state index is 14.2. The number of aliphatic hydroxyl groups excluding tert-OH is 1. The first kappa shape index (κ1) is 24.9. The van der Waals surface area contributed by atoms with Crippen LogP contribution in [0.15, 0.2) is 84.9 Å². The normalized spacial score (nSPS) is 18.9. The number of hydrogen-bond acceptors (Lipinski definition) is 5. The molecule has 1 atom stereocenters. The van der Waals surface area contributed by atoms with Crippen molar-refractivity contribution in [3.63, 3.8) is 0 Å². The minimum absolute atomic E-state index is 0.00771. The fourth-order valence-electron chi connectivity index (χ4n) is 5.51. The van der Waals surface area contributed by atoms with Gasteiger partial charge in [-0.2, -0.15) is 0 Å². The van der Waals surface area contributed by atoms with Crippen LogP contribution < -0.4 is 4.90 Å². The van der Waals surface area contributed by atoms with E-state index < -0.39 is 17.7 Å². The van der Waals surface area contributed by atoms with Gasteiger partial charge in [0.1, 0.15) is 5.82 Å². The zero-order valence-electron chi connectivity index (χ0n) is 20.8. The molecule has 192 valence electrons. The molecule has 0 spiro atoms. The highest BCUT2D eigenvalue weighted by molar-refractivity contribution is 6.09. The number of nitrogens with zero attached hydrogens (tertiary/aromatic N) is 4. The van der Waals surface area contributed by atoms with E-state index in [4.69, 9.17) is 0 Å². The van der Waals surface area contributed by atoms with E-state index >= 15 is 0 Å². The molecule has 5 rings (SSSR count). The summed E-state index contributed by atoms with van der Waals surface area (Å²) in [7, 11) is 1.49. The summed E-state index contributed by atoms with van der Waals surface area (Å²) in [6, 6.07) is 24.8. The third kappa shape index (κ3) is 4.47. The summed E-state index contributed by atoms with van der Waals surface area (Å²) in [5.74, 6) is -0.587. The second-order valence-corrected chi connectivity index (χ2v) is 9.59. The first-order valence-corrected chi connectivity index (χ1v) is 12.5. The lowest BCUT2D eigenvalue weighted by Crippen LogP contribution is -2.53. The standard InChI is InChI=1S/C29H31FN4O3/c1-31-27(36)29(22-10-4-2-5-11-22,23-12-6-3-7-13-23)34(28(31)37)21-24(35)20-32-16-18-33(19-17-32)26-15-9-8-14-25(26)30/h2-15,24,35H,16-21H2,1H3. The number of hydrogen-bond donors (Lipinski definition) is 1. The quantitative estimate of drug-likeness (QED) is 0.503. The molecule has 3 aromatic carbocycles. The van der Waals surface area contributed by atoms with Crippen molar-refractivity contribution in [3.8, 4) is 0 Å². The molecular formula is C29H31FN4O3. The van der Waals surface area contributed by atoms with Crippen LogP contribution in [0.1, 0.15) is 11.1 Å². The monoisotopic (exact) mass is 502 g/mol. The smallest absolute Gasteiger partial charge is 0.328 e. The summed E-state index contributed by atoms with van der Waals surface area (Å²) in [6.07, 6.45) is -0.880. The van der Waals surface area contributed by atoms with Gasteiger partial charge in [-0.3, -0.25) is 19.5 Å². The van der Waals surface area contributed by atoms with Crippen LogP contribution in [0.5, 0.6) is 0 Å². The molecule has 2 fully saturated rings. The molecule has 37 heavy (non-hydrogen) atoms. The number of piperazine rings is 1. The van der Waals surface area contributed by atoms with Gasteiger partial charge in [0.25, 0.3) is 5.91 Å². The molecule has 0 aromatic heterocycles. The molecule has 0 bridgehead atoms. The van der Waals surface area contributed by atoms with E-state index in [1.807, 2.05) is 71.6 Å². The molecule has 7 nitrogen and oxygen atoms in total. The van der Waals surface area contributed by atoms with Gasteiger partial charge in [-0.1, -0.05) is 72.8 Å². The summed E-state index contributed by atoms with van der Waals surface area (Å²) in [4.78, 5) is 33.9. The SMILES string of the molecule is CN1C(=O)N(CC(O)CN2CCN(c3ccccc3F)CC2)C(c2ccccc2)(c2ccccc2)C1=O. The van der Waals surface area contributed by atoms with Crippen LogP contribution in [-0.4, -0.2) is 84.2 Å². The van der Waals surface area contributed by atoms with Crippen molar-refractivity contribution >= 4 is 17.6 Å². The van der Waals surface area contributed by atoms with E-state index in [0.29, 0.717) is 49.5 Å². The van der Waals surface area contributed by atoms with Crippen molar-refractivity contribution < 1.29 is 19.1 Å². The molecule has 2 aliphatic rings. The van der Waals surface area contributed by atoms with Gasteiger partial charge in [-0.05, 0) is 23.3 Å². The van der Waals surface area contributed by atoms with Gasteiger partial charge in [0.15, 0.2) is 5.54 Å².